The van der Waals surface area contributed by atoms with Crippen molar-refractivity contribution in [1.29, 1.82) is 0 Å². The van der Waals surface area contributed by atoms with Crippen molar-refractivity contribution in [2.75, 3.05) is 10.6 Å². The summed E-state index contributed by atoms with van der Waals surface area (Å²) in [5.74, 6) is -0.804. The summed E-state index contributed by atoms with van der Waals surface area (Å²) in [7, 11) is 0. The molecule has 0 saturated carbocycles. The smallest absolute Gasteiger partial charge is 0.293 e. The Morgan fingerprint density at radius 1 is 0.719 bits per heavy atom. The molecule has 2 amide bonds. The highest BCUT2D eigenvalue weighted by atomic mass is 35.5. The van der Waals surface area contributed by atoms with Gasteiger partial charge >= 0.3 is 0 Å². The van der Waals surface area contributed by atoms with Crippen molar-refractivity contribution < 1.29 is 14.0 Å². The van der Waals surface area contributed by atoms with Crippen LogP contribution in [0.25, 0.3) is 21.7 Å². The molecular formula is C26H17ClN2O3. The SMILES string of the molecule is O=C(Nc1cccc(Cl)c1)c1oc2ccccc2c1NC(=O)c1cccc2ccccc12. The van der Waals surface area contributed by atoms with Gasteiger partial charge in [0.05, 0.1) is 0 Å². The summed E-state index contributed by atoms with van der Waals surface area (Å²) < 4.78 is 5.83. The number of halogens is 1. The number of carbonyl (C=O) groups excluding carboxylic acids is 2. The van der Waals surface area contributed by atoms with Crippen LogP contribution >= 0.6 is 11.6 Å². The van der Waals surface area contributed by atoms with Crippen LogP contribution in [0.4, 0.5) is 11.4 Å². The highest BCUT2D eigenvalue weighted by molar-refractivity contribution is 6.31. The number of hydrogen-bond donors (Lipinski definition) is 2. The fourth-order valence-corrected chi connectivity index (χ4v) is 3.88. The Balaban J connectivity index is 1.54. The van der Waals surface area contributed by atoms with Crippen molar-refractivity contribution in [2.45, 2.75) is 0 Å². The van der Waals surface area contributed by atoms with Gasteiger partial charge in [-0.15, -0.1) is 0 Å². The summed E-state index contributed by atoms with van der Waals surface area (Å²) >= 11 is 6.02. The molecule has 0 aliphatic heterocycles. The zero-order valence-corrected chi connectivity index (χ0v) is 17.5. The third-order valence-electron chi connectivity index (χ3n) is 5.16. The second kappa shape index (κ2) is 8.21. The van der Waals surface area contributed by atoms with E-state index in [9.17, 15) is 9.59 Å². The molecule has 0 atom stereocenters. The quantitative estimate of drug-likeness (QED) is 0.325. The molecule has 0 saturated heterocycles. The predicted molar refractivity (Wildman–Crippen MR) is 128 cm³/mol. The normalized spacial score (nSPS) is 10.9. The summed E-state index contributed by atoms with van der Waals surface area (Å²) in [6.07, 6.45) is 0. The summed E-state index contributed by atoms with van der Waals surface area (Å²) in [5, 5.41) is 8.59. The fraction of sp³-hybridized carbons (Fsp3) is 0. The van der Waals surface area contributed by atoms with Crippen molar-refractivity contribution in [3.8, 4) is 0 Å². The molecule has 5 nitrogen and oxygen atoms in total. The minimum absolute atomic E-state index is 0.0137. The van der Waals surface area contributed by atoms with Crippen LogP contribution in [0.15, 0.2) is 95.4 Å². The van der Waals surface area contributed by atoms with Crippen molar-refractivity contribution in [3.63, 3.8) is 0 Å². The molecule has 0 aliphatic carbocycles. The monoisotopic (exact) mass is 440 g/mol. The first-order valence-corrected chi connectivity index (χ1v) is 10.4. The maximum Gasteiger partial charge on any atom is 0.293 e. The number of carbonyl (C=O) groups is 2. The molecule has 0 bridgehead atoms. The Labute approximate surface area is 188 Å². The van der Waals surface area contributed by atoms with E-state index in [1.165, 1.54) is 0 Å². The number of benzene rings is 4. The average molecular weight is 441 g/mol. The molecule has 1 heterocycles. The van der Waals surface area contributed by atoms with Gasteiger partial charge in [0.25, 0.3) is 11.8 Å². The van der Waals surface area contributed by atoms with E-state index in [2.05, 4.69) is 10.6 Å². The fourth-order valence-electron chi connectivity index (χ4n) is 3.69. The molecule has 156 valence electrons. The van der Waals surface area contributed by atoms with Crippen molar-refractivity contribution in [1.82, 2.24) is 0 Å². The topological polar surface area (TPSA) is 71.3 Å². The molecule has 1 aromatic heterocycles. The van der Waals surface area contributed by atoms with Crippen LogP contribution in [0.5, 0.6) is 0 Å². The summed E-state index contributed by atoms with van der Waals surface area (Å²) in [5.41, 5.74) is 1.85. The zero-order valence-electron chi connectivity index (χ0n) is 16.8. The van der Waals surface area contributed by atoms with Gasteiger partial charge in [0, 0.05) is 21.7 Å². The van der Waals surface area contributed by atoms with E-state index in [4.69, 9.17) is 16.0 Å². The van der Waals surface area contributed by atoms with E-state index >= 15 is 0 Å². The lowest BCUT2D eigenvalue weighted by Gasteiger charge is -2.09. The van der Waals surface area contributed by atoms with E-state index in [1.54, 1.807) is 48.5 Å². The Bertz CT molecular complexity index is 1480. The largest absolute Gasteiger partial charge is 0.449 e. The van der Waals surface area contributed by atoms with Gasteiger partial charge in [-0.05, 0) is 47.2 Å². The van der Waals surface area contributed by atoms with Gasteiger partial charge in [0.15, 0.2) is 0 Å². The third-order valence-corrected chi connectivity index (χ3v) is 5.39. The minimum atomic E-state index is -0.489. The highest BCUT2D eigenvalue weighted by Gasteiger charge is 2.23. The van der Waals surface area contributed by atoms with Gasteiger partial charge in [-0.25, -0.2) is 0 Å². The van der Waals surface area contributed by atoms with Gasteiger partial charge in [-0.1, -0.05) is 66.2 Å². The molecule has 2 N–H and O–H groups in total. The van der Waals surface area contributed by atoms with Crippen molar-refractivity contribution in [2.24, 2.45) is 0 Å². The number of anilines is 2. The van der Waals surface area contributed by atoms with Crippen molar-refractivity contribution >= 4 is 56.5 Å². The third kappa shape index (κ3) is 3.70. The number of amides is 2. The van der Waals surface area contributed by atoms with Crippen molar-refractivity contribution in [3.05, 3.63) is 107 Å². The number of furan rings is 1. The molecule has 0 radical (unpaired) electrons. The van der Waals surface area contributed by atoms with Gasteiger partial charge in [-0.3, -0.25) is 9.59 Å². The Morgan fingerprint density at radius 2 is 1.44 bits per heavy atom. The molecule has 0 unspecified atom stereocenters. The van der Waals surface area contributed by atoms with Crippen LogP contribution in [0.3, 0.4) is 0 Å². The lowest BCUT2D eigenvalue weighted by molar-refractivity contribution is 0.0999. The predicted octanol–water partition coefficient (Wildman–Crippen LogP) is 6.74. The van der Waals surface area contributed by atoms with Crippen LogP contribution in [0.1, 0.15) is 20.9 Å². The Morgan fingerprint density at radius 3 is 2.28 bits per heavy atom. The number of hydrogen-bond acceptors (Lipinski definition) is 3. The van der Waals surface area contributed by atoms with E-state index < -0.39 is 5.91 Å². The maximum atomic E-state index is 13.2. The van der Waals surface area contributed by atoms with Crippen LogP contribution in [-0.4, -0.2) is 11.8 Å². The average Bonchev–Trinajstić information content (AvgIpc) is 3.17. The molecule has 5 aromatic rings. The lowest BCUT2D eigenvalue weighted by Crippen LogP contribution is -2.17. The molecule has 0 aliphatic rings. The molecule has 32 heavy (non-hydrogen) atoms. The molecule has 0 spiro atoms. The highest BCUT2D eigenvalue weighted by Crippen LogP contribution is 2.32. The minimum Gasteiger partial charge on any atom is -0.449 e. The first kappa shape index (κ1) is 19.8. The zero-order chi connectivity index (χ0) is 22.1. The Kier molecular flexibility index (Phi) is 5.09. The van der Waals surface area contributed by atoms with Gasteiger partial charge in [-0.2, -0.15) is 0 Å². The van der Waals surface area contributed by atoms with Gasteiger partial charge in [0.2, 0.25) is 5.76 Å². The number of para-hydroxylation sites is 1. The summed E-state index contributed by atoms with van der Waals surface area (Å²) in [6.45, 7) is 0. The molecule has 5 rings (SSSR count). The Hall–Kier alpha value is -4.09. The van der Waals surface area contributed by atoms with E-state index in [1.807, 2.05) is 42.5 Å². The van der Waals surface area contributed by atoms with Crippen LogP contribution < -0.4 is 10.6 Å². The first-order valence-electron chi connectivity index (χ1n) is 9.98. The summed E-state index contributed by atoms with van der Waals surface area (Å²) in [4.78, 5) is 26.3. The van der Waals surface area contributed by atoms with E-state index in [-0.39, 0.29) is 11.7 Å². The second-order valence-electron chi connectivity index (χ2n) is 7.25. The molecule has 0 fully saturated rings. The van der Waals surface area contributed by atoms with Crippen LogP contribution in [-0.2, 0) is 0 Å². The molecular weight excluding hydrogens is 424 g/mol. The first-order chi connectivity index (χ1) is 15.6. The van der Waals surface area contributed by atoms with E-state index in [0.29, 0.717) is 32.9 Å². The lowest BCUT2D eigenvalue weighted by atomic mass is 10.0. The number of fused-ring (bicyclic) bond motifs is 2. The standard InChI is InChI=1S/C26H17ClN2O3/c27-17-9-6-10-18(15-17)28-26(31)24-23(21-12-3-4-14-22(21)32-24)29-25(30)20-13-5-8-16-7-1-2-11-19(16)20/h1-15H,(H,28,31)(H,29,30). The maximum absolute atomic E-state index is 13.2. The molecule has 6 heteroatoms. The number of rotatable bonds is 4. The van der Waals surface area contributed by atoms with E-state index in [0.717, 1.165) is 10.8 Å². The van der Waals surface area contributed by atoms with Crippen LogP contribution in [0, 0.1) is 0 Å². The number of nitrogens with one attached hydrogen (secondary N) is 2. The summed E-state index contributed by atoms with van der Waals surface area (Å²) in [6, 6.07) is 27.2. The van der Waals surface area contributed by atoms with Gasteiger partial charge in [0.1, 0.15) is 11.3 Å². The van der Waals surface area contributed by atoms with Gasteiger partial charge < -0.3 is 15.1 Å². The van der Waals surface area contributed by atoms with Crippen LogP contribution in [0.2, 0.25) is 5.02 Å². The second-order valence-corrected chi connectivity index (χ2v) is 7.68. The molecule has 4 aromatic carbocycles.